The van der Waals surface area contributed by atoms with Gasteiger partial charge in [-0.2, -0.15) is 0 Å². The van der Waals surface area contributed by atoms with Crippen LogP contribution in [0.5, 0.6) is 0 Å². The summed E-state index contributed by atoms with van der Waals surface area (Å²) in [7, 11) is 0. The summed E-state index contributed by atoms with van der Waals surface area (Å²) in [5, 5.41) is 11.9. The molecule has 1 aromatic rings. The molecule has 0 bridgehead atoms. The molecule has 5 nitrogen and oxygen atoms in total. The molecule has 0 radical (unpaired) electrons. The predicted octanol–water partition coefficient (Wildman–Crippen LogP) is 3.50. The van der Waals surface area contributed by atoms with Crippen molar-refractivity contribution >= 4 is 45.4 Å². The van der Waals surface area contributed by atoms with Crippen LogP contribution in [0.15, 0.2) is 27.6 Å². The minimum Gasteiger partial charge on any atom is -0.481 e. The Labute approximate surface area is 136 Å². The maximum Gasteiger partial charge on any atom is 0.321 e. The number of nitrogens with zero attached hydrogens (tertiary/aromatic N) is 1. The lowest BCUT2D eigenvalue weighted by molar-refractivity contribution is -0.141. The van der Waals surface area contributed by atoms with E-state index in [9.17, 15) is 9.59 Å². The molecule has 0 spiro atoms. The number of carboxylic acid groups (broad SMARTS) is 1. The predicted molar refractivity (Wildman–Crippen MR) is 86.9 cm³/mol. The average Bonchev–Trinajstić information content (AvgIpc) is 2.93. The van der Waals surface area contributed by atoms with E-state index in [4.69, 9.17) is 5.11 Å². The van der Waals surface area contributed by atoms with Crippen LogP contribution in [0, 0.1) is 5.92 Å². The quantitative estimate of drug-likeness (QED) is 0.793. The highest BCUT2D eigenvalue weighted by Crippen LogP contribution is 2.34. The van der Waals surface area contributed by atoms with Crippen molar-refractivity contribution in [1.29, 1.82) is 0 Å². The number of para-hydroxylation sites is 1. The molecule has 1 aromatic carbocycles. The Morgan fingerprint density at radius 1 is 1.52 bits per heavy atom. The monoisotopic (exact) mass is 372 g/mol. The van der Waals surface area contributed by atoms with E-state index in [1.807, 2.05) is 18.2 Å². The van der Waals surface area contributed by atoms with Crippen molar-refractivity contribution in [1.82, 2.24) is 4.90 Å². The Balaban J connectivity index is 2.08. The number of rotatable bonds is 4. The van der Waals surface area contributed by atoms with Crippen LogP contribution in [0.3, 0.4) is 0 Å². The fourth-order valence-electron chi connectivity index (χ4n) is 2.23. The molecule has 1 aliphatic heterocycles. The van der Waals surface area contributed by atoms with Gasteiger partial charge >= 0.3 is 12.0 Å². The molecule has 21 heavy (non-hydrogen) atoms. The van der Waals surface area contributed by atoms with E-state index in [2.05, 4.69) is 28.2 Å². The molecule has 1 fully saturated rings. The third-order valence-electron chi connectivity index (χ3n) is 3.33. The third-order valence-corrected chi connectivity index (χ3v) is 4.93. The van der Waals surface area contributed by atoms with Crippen LogP contribution in [0.2, 0.25) is 0 Å². The van der Waals surface area contributed by atoms with Crippen molar-refractivity contribution < 1.29 is 14.7 Å². The molecule has 1 saturated heterocycles. The Morgan fingerprint density at radius 2 is 2.29 bits per heavy atom. The van der Waals surface area contributed by atoms with Gasteiger partial charge in [-0.1, -0.05) is 13.0 Å². The van der Waals surface area contributed by atoms with Crippen LogP contribution in [-0.2, 0) is 4.79 Å². The van der Waals surface area contributed by atoms with E-state index in [1.165, 1.54) is 0 Å². The summed E-state index contributed by atoms with van der Waals surface area (Å²) >= 11 is 5.10. The summed E-state index contributed by atoms with van der Waals surface area (Å²) in [6.07, 6.45) is 0.509. The van der Waals surface area contributed by atoms with Gasteiger partial charge in [0.15, 0.2) is 0 Å². The van der Waals surface area contributed by atoms with Crippen molar-refractivity contribution in [3.63, 3.8) is 0 Å². The normalized spacial score (nSPS) is 17.8. The zero-order valence-electron chi connectivity index (χ0n) is 11.6. The van der Waals surface area contributed by atoms with Crippen molar-refractivity contribution in [3.05, 3.63) is 22.7 Å². The maximum atomic E-state index is 12.3. The molecule has 0 aliphatic carbocycles. The van der Waals surface area contributed by atoms with Crippen molar-refractivity contribution in [2.45, 2.75) is 18.2 Å². The molecule has 0 saturated carbocycles. The third kappa shape index (κ3) is 3.91. The molecule has 1 heterocycles. The highest BCUT2D eigenvalue weighted by atomic mass is 79.9. The number of thioether (sulfide) groups is 1. The van der Waals surface area contributed by atoms with E-state index in [0.29, 0.717) is 13.0 Å². The lowest BCUT2D eigenvalue weighted by Gasteiger charge is -2.19. The molecule has 1 aliphatic rings. The molecule has 1 atom stereocenters. The van der Waals surface area contributed by atoms with E-state index >= 15 is 0 Å². The topological polar surface area (TPSA) is 69.6 Å². The summed E-state index contributed by atoms with van der Waals surface area (Å²) in [5.41, 5.74) is 0.744. The number of amides is 2. The molecule has 2 rings (SSSR count). The maximum absolute atomic E-state index is 12.3. The van der Waals surface area contributed by atoms with Gasteiger partial charge in [-0.3, -0.25) is 4.79 Å². The van der Waals surface area contributed by atoms with Gasteiger partial charge < -0.3 is 15.3 Å². The van der Waals surface area contributed by atoms with Crippen molar-refractivity contribution in [3.8, 4) is 0 Å². The standard InChI is InChI=1S/C14H17BrN2O3S/c1-2-21-11-5-3-4-10(15)12(11)16-14(20)17-7-6-9(8-17)13(18)19/h3-5,9H,2,6-8H2,1H3,(H,16,20)(H,18,19). The second-order valence-electron chi connectivity index (χ2n) is 4.75. The van der Waals surface area contributed by atoms with Crippen LogP contribution in [0.4, 0.5) is 10.5 Å². The first kappa shape index (κ1) is 16.2. The number of anilines is 1. The number of hydrogen-bond donors (Lipinski definition) is 2. The second-order valence-corrected chi connectivity index (χ2v) is 6.91. The minimum atomic E-state index is -0.839. The van der Waals surface area contributed by atoms with Crippen LogP contribution in [-0.4, -0.2) is 40.8 Å². The number of aliphatic carboxylic acids is 1. The van der Waals surface area contributed by atoms with Gasteiger partial charge in [-0.25, -0.2) is 4.79 Å². The molecule has 2 N–H and O–H groups in total. The second kappa shape index (κ2) is 7.17. The Morgan fingerprint density at radius 3 is 2.90 bits per heavy atom. The summed E-state index contributed by atoms with van der Waals surface area (Å²) in [6.45, 7) is 2.79. The van der Waals surface area contributed by atoms with Gasteiger partial charge in [0, 0.05) is 22.5 Å². The van der Waals surface area contributed by atoms with Gasteiger partial charge in [0.05, 0.1) is 11.6 Å². The van der Waals surface area contributed by atoms with Crippen LogP contribution in [0.1, 0.15) is 13.3 Å². The number of halogens is 1. The SMILES string of the molecule is CCSc1cccc(Br)c1NC(=O)N1CCC(C(=O)O)C1. The fraction of sp³-hybridized carbons (Fsp3) is 0.429. The summed E-state index contributed by atoms with van der Waals surface area (Å²) in [6, 6.07) is 5.51. The van der Waals surface area contributed by atoms with Gasteiger partial charge in [-0.15, -0.1) is 11.8 Å². The number of carbonyl (C=O) groups is 2. The highest BCUT2D eigenvalue weighted by molar-refractivity contribution is 9.10. The fourth-order valence-corrected chi connectivity index (χ4v) is 3.62. The molecular weight excluding hydrogens is 356 g/mol. The first-order valence-corrected chi connectivity index (χ1v) is 8.50. The zero-order valence-corrected chi connectivity index (χ0v) is 14.0. The van der Waals surface area contributed by atoms with Crippen LogP contribution < -0.4 is 5.32 Å². The molecular formula is C14H17BrN2O3S. The number of carboxylic acids is 1. The van der Waals surface area contributed by atoms with Crippen LogP contribution in [0.25, 0.3) is 0 Å². The Hall–Kier alpha value is -1.21. The molecule has 0 aromatic heterocycles. The van der Waals surface area contributed by atoms with E-state index < -0.39 is 11.9 Å². The number of hydrogen-bond acceptors (Lipinski definition) is 3. The number of nitrogens with one attached hydrogen (secondary N) is 1. The van der Waals surface area contributed by atoms with Crippen molar-refractivity contribution in [2.75, 3.05) is 24.2 Å². The lowest BCUT2D eigenvalue weighted by atomic mass is 10.1. The van der Waals surface area contributed by atoms with Gasteiger partial charge in [-0.05, 0) is 40.2 Å². The number of carbonyl (C=O) groups excluding carboxylic acids is 1. The van der Waals surface area contributed by atoms with E-state index in [1.54, 1.807) is 16.7 Å². The van der Waals surface area contributed by atoms with Crippen LogP contribution >= 0.6 is 27.7 Å². The summed E-state index contributed by atoms with van der Waals surface area (Å²) in [5.74, 6) is -0.391. The van der Waals surface area contributed by atoms with Crippen molar-refractivity contribution in [2.24, 2.45) is 5.92 Å². The van der Waals surface area contributed by atoms with Gasteiger partial charge in [0.25, 0.3) is 0 Å². The number of likely N-dealkylation sites (tertiary alicyclic amines) is 1. The van der Waals surface area contributed by atoms with Gasteiger partial charge in [0.1, 0.15) is 0 Å². The average molecular weight is 373 g/mol. The minimum absolute atomic E-state index is 0.247. The van der Waals surface area contributed by atoms with E-state index in [0.717, 1.165) is 20.8 Å². The molecule has 2 amide bonds. The number of benzene rings is 1. The summed E-state index contributed by atoms with van der Waals surface area (Å²) < 4.78 is 0.822. The molecule has 114 valence electrons. The molecule has 1 unspecified atom stereocenters. The molecule has 7 heteroatoms. The zero-order chi connectivity index (χ0) is 15.4. The smallest absolute Gasteiger partial charge is 0.321 e. The highest BCUT2D eigenvalue weighted by Gasteiger charge is 2.31. The first-order chi connectivity index (χ1) is 10.0. The van der Waals surface area contributed by atoms with E-state index in [-0.39, 0.29) is 12.6 Å². The Kier molecular flexibility index (Phi) is 5.52. The van der Waals surface area contributed by atoms with Gasteiger partial charge in [0.2, 0.25) is 0 Å². The Bertz CT molecular complexity index is 553. The first-order valence-electron chi connectivity index (χ1n) is 6.73. The largest absolute Gasteiger partial charge is 0.481 e. The summed E-state index contributed by atoms with van der Waals surface area (Å²) in [4.78, 5) is 25.8. The lowest BCUT2D eigenvalue weighted by Crippen LogP contribution is -2.34. The number of urea groups is 1.